The number of amides is 1. The van der Waals surface area contributed by atoms with Crippen LogP contribution in [0.1, 0.15) is 25.3 Å². The van der Waals surface area contributed by atoms with Crippen LogP contribution in [0, 0.1) is 0 Å². The Morgan fingerprint density at radius 1 is 1.17 bits per heavy atom. The highest BCUT2D eigenvalue weighted by atomic mass is 35.5. The van der Waals surface area contributed by atoms with Gasteiger partial charge in [0.05, 0.1) is 11.9 Å². The fraction of sp³-hybridized carbons (Fsp3) is 0.409. The fourth-order valence-electron chi connectivity index (χ4n) is 3.95. The summed E-state index contributed by atoms with van der Waals surface area (Å²) < 4.78 is 31.6. The van der Waals surface area contributed by atoms with Crippen LogP contribution in [0.5, 0.6) is 0 Å². The van der Waals surface area contributed by atoms with Crippen molar-refractivity contribution < 1.29 is 17.9 Å². The second-order valence-corrected chi connectivity index (χ2v) is 9.99. The lowest BCUT2D eigenvalue weighted by Crippen LogP contribution is -2.51. The molecule has 1 atom stereocenters. The lowest BCUT2D eigenvalue weighted by molar-refractivity contribution is -0.122. The summed E-state index contributed by atoms with van der Waals surface area (Å²) in [5.41, 5.74) is 1.27. The maximum atomic E-state index is 13.0. The van der Waals surface area contributed by atoms with Gasteiger partial charge in [-0.2, -0.15) is 0 Å². The van der Waals surface area contributed by atoms with E-state index in [1.807, 2.05) is 18.2 Å². The molecule has 1 aliphatic rings. The summed E-state index contributed by atoms with van der Waals surface area (Å²) in [5, 5.41) is 3.40. The number of nitrogens with one attached hydrogen (secondary N) is 1. The van der Waals surface area contributed by atoms with Crippen molar-refractivity contribution in [2.75, 3.05) is 30.3 Å². The summed E-state index contributed by atoms with van der Waals surface area (Å²) in [7, 11) is -3.70. The molecule has 6 nitrogen and oxygen atoms in total. The highest BCUT2D eigenvalue weighted by Gasteiger charge is 2.36. The van der Waals surface area contributed by atoms with Crippen molar-refractivity contribution in [3.63, 3.8) is 0 Å². The summed E-state index contributed by atoms with van der Waals surface area (Å²) in [5.74, 6) is -0.359. The first kappa shape index (κ1) is 22.6. The van der Waals surface area contributed by atoms with Gasteiger partial charge in [-0.15, -0.1) is 0 Å². The maximum absolute atomic E-state index is 13.0. The molecule has 1 N–H and O–H groups in total. The van der Waals surface area contributed by atoms with Crippen LogP contribution in [0.25, 0.3) is 0 Å². The Kier molecular flexibility index (Phi) is 7.06. The standard InChI is InChI=1S/C22H27ClN2O4S/c1-17(25(30(2,27)28)20-10-6-9-19(23)15-20)21(26)24-16-22(11-13-29-14-12-22)18-7-4-3-5-8-18/h3-10,15,17H,11-14,16H2,1-2H3,(H,24,26)/t17-/m0/s1. The van der Waals surface area contributed by atoms with E-state index < -0.39 is 16.1 Å². The van der Waals surface area contributed by atoms with E-state index in [-0.39, 0.29) is 11.3 Å². The molecule has 1 heterocycles. The van der Waals surface area contributed by atoms with E-state index in [2.05, 4.69) is 17.4 Å². The van der Waals surface area contributed by atoms with Crippen LogP contribution in [0.3, 0.4) is 0 Å². The molecule has 1 aliphatic heterocycles. The molecule has 0 saturated carbocycles. The number of sulfonamides is 1. The number of hydrogen-bond acceptors (Lipinski definition) is 4. The molecule has 2 aromatic rings. The van der Waals surface area contributed by atoms with Crippen LogP contribution >= 0.6 is 11.6 Å². The van der Waals surface area contributed by atoms with E-state index in [0.717, 1.165) is 29.0 Å². The molecule has 2 aromatic carbocycles. The number of carbonyl (C=O) groups excluding carboxylic acids is 1. The van der Waals surface area contributed by atoms with E-state index in [1.165, 1.54) is 6.07 Å². The third-order valence-corrected chi connectivity index (χ3v) is 7.07. The topological polar surface area (TPSA) is 75.7 Å². The minimum absolute atomic E-state index is 0.235. The van der Waals surface area contributed by atoms with Crippen molar-refractivity contribution in [2.45, 2.75) is 31.2 Å². The van der Waals surface area contributed by atoms with Crippen molar-refractivity contribution in [2.24, 2.45) is 0 Å². The summed E-state index contributed by atoms with van der Waals surface area (Å²) in [4.78, 5) is 13.0. The molecule has 1 fully saturated rings. The molecule has 0 radical (unpaired) electrons. The van der Waals surface area contributed by atoms with E-state index in [0.29, 0.717) is 30.5 Å². The third kappa shape index (κ3) is 5.14. The molecule has 3 rings (SSSR count). The zero-order chi connectivity index (χ0) is 21.8. The minimum atomic E-state index is -3.70. The lowest BCUT2D eigenvalue weighted by atomic mass is 9.74. The molecule has 0 unspecified atom stereocenters. The van der Waals surface area contributed by atoms with Gasteiger partial charge < -0.3 is 10.1 Å². The van der Waals surface area contributed by atoms with Gasteiger partial charge in [0, 0.05) is 30.2 Å². The molecule has 0 aromatic heterocycles. The Morgan fingerprint density at radius 2 is 1.83 bits per heavy atom. The predicted octanol–water partition coefficient (Wildman–Crippen LogP) is 3.36. The van der Waals surface area contributed by atoms with Gasteiger partial charge in [0.15, 0.2) is 0 Å². The lowest BCUT2D eigenvalue weighted by Gasteiger charge is -2.38. The van der Waals surface area contributed by atoms with Crippen molar-refractivity contribution in [3.8, 4) is 0 Å². The molecule has 30 heavy (non-hydrogen) atoms. The third-order valence-electron chi connectivity index (χ3n) is 5.59. The molecule has 0 bridgehead atoms. The van der Waals surface area contributed by atoms with Crippen molar-refractivity contribution in [3.05, 3.63) is 65.2 Å². The zero-order valence-corrected chi connectivity index (χ0v) is 18.7. The number of halogens is 1. The van der Waals surface area contributed by atoms with Crippen LogP contribution in [-0.2, 0) is 25.0 Å². The summed E-state index contributed by atoms with van der Waals surface area (Å²) >= 11 is 6.04. The molecule has 8 heteroatoms. The van der Waals surface area contributed by atoms with Crippen LogP contribution < -0.4 is 9.62 Å². The maximum Gasteiger partial charge on any atom is 0.243 e. The second-order valence-electron chi connectivity index (χ2n) is 7.69. The Hall–Kier alpha value is -2.09. The average molecular weight is 451 g/mol. The zero-order valence-electron chi connectivity index (χ0n) is 17.2. The van der Waals surface area contributed by atoms with Gasteiger partial charge in [-0.1, -0.05) is 48.0 Å². The molecule has 0 aliphatic carbocycles. The van der Waals surface area contributed by atoms with Crippen LogP contribution in [0.4, 0.5) is 5.69 Å². The van der Waals surface area contributed by atoms with Crippen LogP contribution in [0.2, 0.25) is 5.02 Å². The van der Waals surface area contributed by atoms with Crippen molar-refractivity contribution >= 4 is 33.2 Å². The summed E-state index contributed by atoms with van der Waals surface area (Å²) in [6, 6.07) is 15.6. The molecular weight excluding hydrogens is 424 g/mol. The van der Waals surface area contributed by atoms with E-state index in [1.54, 1.807) is 25.1 Å². The van der Waals surface area contributed by atoms with E-state index in [4.69, 9.17) is 16.3 Å². The van der Waals surface area contributed by atoms with Gasteiger partial charge in [-0.05, 0) is 43.5 Å². The summed E-state index contributed by atoms with van der Waals surface area (Å²) in [6.45, 7) is 3.24. The monoisotopic (exact) mass is 450 g/mol. The Balaban J connectivity index is 1.81. The number of nitrogens with zero attached hydrogens (tertiary/aromatic N) is 1. The van der Waals surface area contributed by atoms with Crippen molar-refractivity contribution in [1.82, 2.24) is 5.32 Å². The Morgan fingerprint density at radius 3 is 2.43 bits per heavy atom. The second kappa shape index (κ2) is 9.37. The van der Waals surface area contributed by atoms with Crippen molar-refractivity contribution in [1.29, 1.82) is 0 Å². The predicted molar refractivity (Wildman–Crippen MR) is 119 cm³/mol. The molecule has 1 amide bonds. The fourth-order valence-corrected chi connectivity index (χ4v) is 5.30. The Labute approximate surface area is 183 Å². The first-order valence-electron chi connectivity index (χ1n) is 9.89. The van der Waals surface area contributed by atoms with Gasteiger partial charge in [-0.3, -0.25) is 9.10 Å². The van der Waals surface area contributed by atoms with Crippen LogP contribution in [0.15, 0.2) is 54.6 Å². The normalized spacial score (nSPS) is 17.2. The van der Waals surface area contributed by atoms with E-state index in [9.17, 15) is 13.2 Å². The first-order valence-corrected chi connectivity index (χ1v) is 12.1. The van der Waals surface area contributed by atoms with Gasteiger partial charge >= 0.3 is 0 Å². The van der Waals surface area contributed by atoms with E-state index >= 15 is 0 Å². The average Bonchev–Trinajstić information content (AvgIpc) is 2.72. The molecular formula is C22H27ClN2O4S. The van der Waals surface area contributed by atoms with Crippen LogP contribution in [-0.4, -0.2) is 46.4 Å². The summed E-state index contributed by atoms with van der Waals surface area (Å²) in [6.07, 6.45) is 2.66. The van der Waals surface area contributed by atoms with Gasteiger partial charge in [0.25, 0.3) is 0 Å². The number of carbonyl (C=O) groups is 1. The van der Waals surface area contributed by atoms with Gasteiger partial charge in [0.1, 0.15) is 6.04 Å². The number of ether oxygens (including phenoxy) is 1. The number of rotatable bonds is 7. The molecule has 1 saturated heterocycles. The first-order chi connectivity index (χ1) is 14.2. The Bertz CT molecular complexity index is 976. The number of benzene rings is 2. The highest BCUT2D eigenvalue weighted by Crippen LogP contribution is 2.34. The SMILES string of the molecule is C[C@@H](C(=O)NCC1(c2ccccc2)CCOCC1)N(c1cccc(Cl)c1)S(C)(=O)=O. The smallest absolute Gasteiger partial charge is 0.243 e. The molecule has 0 spiro atoms. The minimum Gasteiger partial charge on any atom is -0.381 e. The van der Waals surface area contributed by atoms with Gasteiger partial charge in [-0.25, -0.2) is 8.42 Å². The number of hydrogen-bond donors (Lipinski definition) is 1. The largest absolute Gasteiger partial charge is 0.381 e. The number of anilines is 1. The molecule has 162 valence electrons. The van der Waals surface area contributed by atoms with Gasteiger partial charge in [0.2, 0.25) is 15.9 Å². The quantitative estimate of drug-likeness (QED) is 0.701. The highest BCUT2D eigenvalue weighted by molar-refractivity contribution is 7.92.